The van der Waals surface area contributed by atoms with E-state index in [9.17, 15) is 14.9 Å². The number of carbonyl (C=O) groups excluding carboxylic acids is 1. The second kappa shape index (κ2) is 8.02. The van der Waals surface area contributed by atoms with Crippen LogP contribution in [0.3, 0.4) is 0 Å². The molecule has 2 heterocycles. The Morgan fingerprint density at radius 1 is 1.17 bits per heavy atom. The highest BCUT2D eigenvalue weighted by molar-refractivity contribution is 8.45. The van der Waals surface area contributed by atoms with E-state index in [1.807, 2.05) is 30.3 Å². The molecule has 0 atom stereocenters. The zero-order valence-corrected chi connectivity index (χ0v) is 16.4. The number of nitro benzene ring substituents is 1. The summed E-state index contributed by atoms with van der Waals surface area (Å²) in [6.45, 7) is 0. The maximum absolute atomic E-state index is 12.4. The number of hydrogen-bond acceptors (Lipinski definition) is 7. The summed E-state index contributed by atoms with van der Waals surface area (Å²) in [6, 6.07) is 15.7. The number of hydrogen-bond donors (Lipinski definition) is 1. The van der Waals surface area contributed by atoms with E-state index < -0.39 is 10.8 Å². The molecule has 8 nitrogen and oxygen atoms in total. The van der Waals surface area contributed by atoms with Gasteiger partial charge in [-0.2, -0.15) is 10.0 Å². The van der Waals surface area contributed by atoms with E-state index in [1.165, 1.54) is 58.9 Å². The van der Waals surface area contributed by atoms with E-state index in [4.69, 9.17) is 5.41 Å². The van der Waals surface area contributed by atoms with Crippen LogP contribution in [0.4, 0.5) is 5.69 Å². The first kappa shape index (κ1) is 19.1. The molecule has 0 bridgehead atoms. The first-order valence-corrected chi connectivity index (χ1v) is 10.2. The Kier molecular flexibility index (Phi) is 5.28. The Morgan fingerprint density at radius 2 is 1.90 bits per heavy atom. The lowest BCUT2D eigenvalue weighted by molar-refractivity contribution is -0.384. The number of aliphatic imine (C=N–C) groups is 1. The van der Waals surface area contributed by atoms with Gasteiger partial charge in [0.05, 0.1) is 10.5 Å². The largest absolute Gasteiger partial charge is 0.283 e. The molecule has 2 aromatic carbocycles. The van der Waals surface area contributed by atoms with Crippen LogP contribution in [-0.2, 0) is 10.5 Å². The SMILES string of the molecule is N=C1/C(=C/c2ccc([N+](=O)[O-])cc2)C(=O)N=C2SC(SCc3ccccc3)=NN12. The summed E-state index contributed by atoms with van der Waals surface area (Å²) in [5.74, 6) is 0.124. The average Bonchev–Trinajstić information content (AvgIpc) is 3.14. The fourth-order valence-corrected chi connectivity index (χ4v) is 4.49. The van der Waals surface area contributed by atoms with Crippen molar-refractivity contribution in [1.82, 2.24) is 5.01 Å². The molecular formula is C19H13N5O3S2. The van der Waals surface area contributed by atoms with Gasteiger partial charge in [-0.3, -0.25) is 20.3 Å². The third-order valence-corrected chi connectivity index (χ3v) is 6.17. The summed E-state index contributed by atoms with van der Waals surface area (Å²) in [5.41, 5.74) is 1.76. The number of non-ortho nitro benzene ring substituents is 1. The minimum absolute atomic E-state index is 0.0434. The van der Waals surface area contributed by atoms with Crippen LogP contribution < -0.4 is 0 Å². The van der Waals surface area contributed by atoms with Crippen LogP contribution >= 0.6 is 23.5 Å². The number of rotatable bonds is 4. The van der Waals surface area contributed by atoms with Gasteiger partial charge in [-0.25, -0.2) is 0 Å². The molecule has 0 fully saturated rings. The normalized spacial score (nSPS) is 17.2. The van der Waals surface area contributed by atoms with Gasteiger partial charge in [0.15, 0.2) is 10.2 Å². The first-order valence-electron chi connectivity index (χ1n) is 8.42. The Morgan fingerprint density at radius 3 is 2.59 bits per heavy atom. The number of fused-ring (bicyclic) bond motifs is 1. The van der Waals surface area contributed by atoms with Crippen LogP contribution in [-0.4, -0.2) is 31.2 Å². The van der Waals surface area contributed by atoms with Gasteiger partial charge in [-0.15, -0.1) is 5.10 Å². The molecule has 2 aliphatic heterocycles. The summed E-state index contributed by atoms with van der Waals surface area (Å²) >= 11 is 2.77. The Labute approximate surface area is 174 Å². The van der Waals surface area contributed by atoms with E-state index in [0.717, 1.165) is 11.3 Å². The summed E-state index contributed by atoms with van der Waals surface area (Å²) in [7, 11) is 0. The molecule has 0 aromatic heterocycles. The van der Waals surface area contributed by atoms with E-state index in [-0.39, 0.29) is 17.1 Å². The van der Waals surface area contributed by atoms with Crippen molar-refractivity contribution >= 4 is 56.6 Å². The number of carbonyl (C=O) groups is 1. The molecule has 2 aliphatic rings. The maximum atomic E-state index is 12.4. The van der Waals surface area contributed by atoms with Crippen LogP contribution in [0.1, 0.15) is 11.1 Å². The number of nitro groups is 1. The number of nitrogens with zero attached hydrogens (tertiary/aromatic N) is 4. The van der Waals surface area contributed by atoms with E-state index in [2.05, 4.69) is 10.1 Å². The van der Waals surface area contributed by atoms with Crippen LogP contribution in [0.2, 0.25) is 0 Å². The Hall–Kier alpha value is -3.24. The van der Waals surface area contributed by atoms with Gasteiger partial charge in [0.2, 0.25) is 5.17 Å². The number of amidine groups is 2. The molecule has 0 spiro atoms. The molecule has 1 N–H and O–H groups in total. The lowest BCUT2D eigenvalue weighted by atomic mass is 10.1. The Bertz CT molecular complexity index is 1090. The second-order valence-corrected chi connectivity index (χ2v) is 8.19. The molecule has 0 unspecified atom stereocenters. The van der Waals surface area contributed by atoms with Crippen LogP contribution in [0.15, 0.2) is 70.3 Å². The highest BCUT2D eigenvalue weighted by Crippen LogP contribution is 2.33. The molecular weight excluding hydrogens is 410 g/mol. The zero-order valence-electron chi connectivity index (χ0n) is 14.8. The minimum Gasteiger partial charge on any atom is -0.282 e. The molecule has 0 saturated carbocycles. The molecule has 29 heavy (non-hydrogen) atoms. The minimum atomic E-state index is -0.531. The highest BCUT2D eigenvalue weighted by Gasteiger charge is 2.35. The zero-order chi connectivity index (χ0) is 20.4. The Balaban J connectivity index is 1.52. The van der Waals surface area contributed by atoms with Gasteiger partial charge in [-0.05, 0) is 41.1 Å². The van der Waals surface area contributed by atoms with Crippen molar-refractivity contribution in [3.05, 3.63) is 81.4 Å². The molecule has 1 amide bonds. The van der Waals surface area contributed by atoms with Crippen molar-refractivity contribution in [1.29, 1.82) is 5.41 Å². The van der Waals surface area contributed by atoms with Gasteiger partial charge in [0.1, 0.15) is 0 Å². The van der Waals surface area contributed by atoms with Crippen molar-refractivity contribution in [2.75, 3.05) is 0 Å². The molecule has 0 radical (unpaired) electrons. The monoisotopic (exact) mass is 423 g/mol. The number of hydrazone groups is 1. The fraction of sp³-hybridized carbons (Fsp3) is 0.0526. The summed E-state index contributed by atoms with van der Waals surface area (Å²) in [4.78, 5) is 26.7. The molecule has 144 valence electrons. The number of nitrogens with one attached hydrogen (secondary N) is 1. The smallest absolute Gasteiger partial charge is 0.282 e. The lowest BCUT2D eigenvalue weighted by Gasteiger charge is -2.20. The standard InChI is InChI=1S/C19H13N5O3S2/c20-16-15(10-12-6-8-14(9-7-12)24(26)27)17(25)21-18-23(16)22-19(29-18)28-11-13-4-2-1-3-5-13/h1-10,20H,11H2/b15-10-,20-16?. The van der Waals surface area contributed by atoms with Crippen molar-refractivity contribution in [3.63, 3.8) is 0 Å². The van der Waals surface area contributed by atoms with Gasteiger partial charge in [0.25, 0.3) is 11.6 Å². The van der Waals surface area contributed by atoms with Gasteiger partial charge < -0.3 is 0 Å². The molecule has 2 aromatic rings. The number of amides is 1. The topological polar surface area (TPSA) is 112 Å². The quantitative estimate of drug-likeness (QED) is 0.450. The molecule has 10 heteroatoms. The van der Waals surface area contributed by atoms with E-state index in [1.54, 1.807) is 0 Å². The van der Waals surface area contributed by atoms with Gasteiger partial charge in [-0.1, -0.05) is 42.1 Å². The maximum Gasteiger partial charge on any atom is 0.283 e. The molecule has 0 aliphatic carbocycles. The molecule has 0 saturated heterocycles. The van der Waals surface area contributed by atoms with Gasteiger partial charge >= 0.3 is 0 Å². The lowest BCUT2D eigenvalue weighted by Crippen LogP contribution is -2.35. The third kappa shape index (κ3) is 4.13. The van der Waals surface area contributed by atoms with Crippen LogP contribution in [0.5, 0.6) is 0 Å². The number of thioether (sulfide) groups is 2. The predicted octanol–water partition coefficient (Wildman–Crippen LogP) is 4.10. The summed E-state index contributed by atoms with van der Waals surface area (Å²) in [6.07, 6.45) is 1.49. The fourth-order valence-electron chi connectivity index (χ4n) is 2.61. The highest BCUT2D eigenvalue weighted by atomic mass is 32.2. The third-order valence-electron chi connectivity index (χ3n) is 4.06. The van der Waals surface area contributed by atoms with Crippen LogP contribution in [0, 0.1) is 15.5 Å². The van der Waals surface area contributed by atoms with E-state index in [0.29, 0.717) is 15.1 Å². The molecule has 4 rings (SSSR count). The average molecular weight is 423 g/mol. The first-order chi connectivity index (χ1) is 14.0. The van der Waals surface area contributed by atoms with Crippen molar-refractivity contribution in [2.24, 2.45) is 10.1 Å². The summed E-state index contributed by atoms with van der Waals surface area (Å²) in [5, 5.41) is 25.2. The number of benzene rings is 2. The van der Waals surface area contributed by atoms with Gasteiger partial charge in [0, 0.05) is 17.9 Å². The predicted molar refractivity (Wildman–Crippen MR) is 116 cm³/mol. The summed E-state index contributed by atoms with van der Waals surface area (Å²) < 4.78 is 0.710. The van der Waals surface area contributed by atoms with Crippen molar-refractivity contribution < 1.29 is 9.72 Å². The van der Waals surface area contributed by atoms with Crippen molar-refractivity contribution in [2.45, 2.75) is 5.75 Å². The second-order valence-electron chi connectivity index (χ2n) is 6.01. The van der Waals surface area contributed by atoms with Crippen molar-refractivity contribution in [3.8, 4) is 0 Å². The van der Waals surface area contributed by atoms with Crippen LogP contribution in [0.25, 0.3) is 6.08 Å². The van der Waals surface area contributed by atoms with E-state index >= 15 is 0 Å².